The molecule has 0 fully saturated rings. The average Bonchev–Trinajstić information content (AvgIpc) is 2.75. The molecule has 0 unspecified atom stereocenters. The van der Waals surface area contributed by atoms with E-state index in [0.29, 0.717) is 18.0 Å². The van der Waals surface area contributed by atoms with E-state index in [2.05, 4.69) is 56.1 Å². The van der Waals surface area contributed by atoms with Crippen molar-refractivity contribution >= 4 is 28.9 Å². The first-order valence-electron chi connectivity index (χ1n) is 11.1. The number of nitrogens with one attached hydrogen (secondary N) is 1. The Bertz CT molecular complexity index is 1110. The Hall–Kier alpha value is -3.52. The summed E-state index contributed by atoms with van der Waals surface area (Å²) in [5, 5.41) is 12.4. The number of anilines is 2. The maximum absolute atomic E-state index is 12.7. The molecular formula is C27H31N3O2. The Kier molecular flexibility index (Phi) is 7.05. The van der Waals surface area contributed by atoms with Crippen LogP contribution in [0.2, 0.25) is 0 Å². The SMILES string of the molecule is CCCN1c2ccc(/C=C(\C#N)C(=O)Nc3cccc(OCC)c3)cc2C(C)=CC1(C)C. The van der Waals surface area contributed by atoms with Crippen molar-refractivity contribution in [2.75, 3.05) is 23.4 Å². The molecule has 5 heteroatoms. The summed E-state index contributed by atoms with van der Waals surface area (Å²) in [6.45, 7) is 12.1. The lowest BCUT2D eigenvalue weighted by molar-refractivity contribution is -0.112. The molecule has 0 aromatic heterocycles. The largest absolute Gasteiger partial charge is 0.494 e. The maximum atomic E-state index is 12.7. The number of nitriles is 1. The van der Waals surface area contributed by atoms with Gasteiger partial charge in [-0.2, -0.15) is 5.26 Å². The van der Waals surface area contributed by atoms with Crippen LogP contribution in [0.3, 0.4) is 0 Å². The van der Waals surface area contributed by atoms with Gasteiger partial charge in [-0.15, -0.1) is 0 Å². The molecule has 1 aliphatic heterocycles. The lowest BCUT2D eigenvalue weighted by Gasteiger charge is -2.43. The van der Waals surface area contributed by atoms with E-state index in [1.54, 1.807) is 24.3 Å². The highest BCUT2D eigenvalue weighted by molar-refractivity contribution is 6.09. The van der Waals surface area contributed by atoms with Crippen molar-refractivity contribution in [3.8, 4) is 11.8 Å². The molecule has 2 aromatic rings. The zero-order chi connectivity index (χ0) is 23.3. The van der Waals surface area contributed by atoms with Crippen molar-refractivity contribution < 1.29 is 9.53 Å². The van der Waals surface area contributed by atoms with E-state index in [0.717, 1.165) is 24.1 Å². The smallest absolute Gasteiger partial charge is 0.266 e. The van der Waals surface area contributed by atoms with Crippen LogP contribution in [0.25, 0.3) is 11.6 Å². The summed E-state index contributed by atoms with van der Waals surface area (Å²) in [7, 11) is 0. The number of carbonyl (C=O) groups is 1. The van der Waals surface area contributed by atoms with Gasteiger partial charge in [-0.25, -0.2) is 0 Å². The third kappa shape index (κ3) is 5.03. The number of hydrogen-bond acceptors (Lipinski definition) is 4. The first kappa shape index (κ1) is 23.1. The lowest BCUT2D eigenvalue weighted by atomic mass is 9.87. The van der Waals surface area contributed by atoms with Crippen LogP contribution < -0.4 is 15.0 Å². The third-order valence-electron chi connectivity index (χ3n) is 5.53. The summed E-state index contributed by atoms with van der Waals surface area (Å²) in [5.41, 5.74) is 4.92. The molecule has 0 saturated carbocycles. The van der Waals surface area contributed by atoms with Crippen molar-refractivity contribution in [1.29, 1.82) is 5.26 Å². The van der Waals surface area contributed by atoms with Gasteiger partial charge in [0.25, 0.3) is 5.91 Å². The topological polar surface area (TPSA) is 65.4 Å². The molecule has 32 heavy (non-hydrogen) atoms. The minimum Gasteiger partial charge on any atom is -0.494 e. The predicted octanol–water partition coefficient (Wildman–Crippen LogP) is 6.04. The van der Waals surface area contributed by atoms with Gasteiger partial charge >= 0.3 is 0 Å². The highest BCUT2D eigenvalue weighted by Crippen LogP contribution is 2.39. The van der Waals surface area contributed by atoms with Crippen LogP contribution >= 0.6 is 0 Å². The number of nitrogens with zero attached hydrogens (tertiary/aromatic N) is 2. The number of ether oxygens (including phenoxy) is 1. The van der Waals surface area contributed by atoms with Crippen LogP contribution in [-0.2, 0) is 4.79 Å². The van der Waals surface area contributed by atoms with Crippen molar-refractivity contribution in [3.63, 3.8) is 0 Å². The van der Waals surface area contributed by atoms with E-state index in [1.807, 2.05) is 25.1 Å². The summed E-state index contributed by atoms with van der Waals surface area (Å²) in [6.07, 6.45) is 4.97. The van der Waals surface area contributed by atoms with Gasteiger partial charge in [0.05, 0.1) is 12.1 Å². The van der Waals surface area contributed by atoms with E-state index in [-0.39, 0.29) is 11.1 Å². The van der Waals surface area contributed by atoms with Gasteiger partial charge in [-0.05, 0) is 75.6 Å². The van der Waals surface area contributed by atoms with Crippen molar-refractivity contribution in [3.05, 3.63) is 65.2 Å². The minimum absolute atomic E-state index is 0.0509. The number of carbonyl (C=O) groups excluding carboxylic acids is 1. The number of hydrogen-bond donors (Lipinski definition) is 1. The van der Waals surface area contributed by atoms with Gasteiger partial charge in [-0.1, -0.05) is 25.1 Å². The normalized spacial score (nSPS) is 14.8. The van der Waals surface area contributed by atoms with E-state index in [4.69, 9.17) is 4.74 Å². The van der Waals surface area contributed by atoms with Gasteiger partial charge in [0.2, 0.25) is 0 Å². The van der Waals surface area contributed by atoms with Crippen LogP contribution in [0.15, 0.2) is 54.1 Å². The molecule has 1 aliphatic rings. The fourth-order valence-electron chi connectivity index (χ4n) is 4.17. The lowest BCUT2D eigenvalue weighted by Crippen LogP contribution is -2.45. The monoisotopic (exact) mass is 429 g/mol. The maximum Gasteiger partial charge on any atom is 0.266 e. The molecule has 5 nitrogen and oxygen atoms in total. The fraction of sp³-hybridized carbons (Fsp3) is 0.333. The van der Waals surface area contributed by atoms with Gasteiger partial charge < -0.3 is 15.0 Å². The summed E-state index contributed by atoms with van der Waals surface area (Å²) in [4.78, 5) is 15.1. The second-order valence-corrected chi connectivity index (χ2v) is 8.49. The van der Waals surface area contributed by atoms with E-state index >= 15 is 0 Å². The van der Waals surface area contributed by atoms with Crippen molar-refractivity contribution in [1.82, 2.24) is 0 Å². The van der Waals surface area contributed by atoms with Crippen LogP contribution in [0, 0.1) is 11.3 Å². The quantitative estimate of drug-likeness (QED) is 0.430. The second-order valence-electron chi connectivity index (χ2n) is 8.49. The Labute approximate surface area is 191 Å². The van der Waals surface area contributed by atoms with Crippen molar-refractivity contribution in [2.45, 2.75) is 46.6 Å². The Morgan fingerprint density at radius 1 is 1.22 bits per heavy atom. The van der Waals surface area contributed by atoms with Gasteiger partial charge in [0.1, 0.15) is 17.4 Å². The fourth-order valence-corrected chi connectivity index (χ4v) is 4.17. The molecule has 2 aromatic carbocycles. The zero-order valence-corrected chi connectivity index (χ0v) is 19.5. The van der Waals surface area contributed by atoms with Crippen molar-refractivity contribution in [2.24, 2.45) is 0 Å². The third-order valence-corrected chi connectivity index (χ3v) is 5.53. The van der Waals surface area contributed by atoms with E-state index in [9.17, 15) is 10.1 Å². The van der Waals surface area contributed by atoms with E-state index in [1.165, 1.54) is 11.3 Å². The number of benzene rings is 2. The summed E-state index contributed by atoms with van der Waals surface area (Å²) in [5.74, 6) is 0.226. The Balaban J connectivity index is 1.88. The first-order valence-corrected chi connectivity index (χ1v) is 11.1. The molecule has 0 bridgehead atoms. The molecule has 166 valence electrons. The Morgan fingerprint density at radius 3 is 2.69 bits per heavy atom. The number of allylic oxidation sites excluding steroid dienone is 1. The second kappa shape index (κ2) is 9.74. The average molecular weight is 430 g/mol. The number of amides is 1. The van der Waals surface area contributed by atoms with Gasteiger partial charge in [-0.3, -0.25) is 4.79 Å². The molecular weight excluding hydrogens is 398 g/mol. The standard InChI is InChI=1S/C27H31N3O2/c1-6-13-30-25-12-11-20(15-24(25)19(3)17-27(30,4)5)14-21(18-28)26(31)29-22-9-8-10-23(16-22)32-7-2/h8-12,14-17H,6-7,13H2,1-5H3,(H,29,31)/b21-14+. The minimum atomic E-state index is -0.445. The van der Waals surface area contributed by atoms with Crippen LogP contribution in [-0.4, -0.2) is 24.6 Å². The molecule has 0 radical (unpaired) electrons. The molecule has 0 spiro atoms. The number of fused-ring (bicyclic) bond motifs is 1. The number of rotatable bonds is 7. The summed E-state index contributed by atoms with van der Waals surface area (Å²) in [6, 6.07) is 15.3. The molecule has 3 rings (SSSR count). The molecule has 0 saturated heterocycles. The summed E-state index contributed by atoms with van der Waals surface area (Å²) >= 11 is 0. The molecule has 0 atom stereocenters. The van der Waals surface area contributed by atoms with Crippen LogP contribution in [0.1, 0.15) is 52.2 Å². The predicted molar refractivity (Wildman–Crippen MR) is 132 cm³/mol. The highest BCUT2D eigenvalue weighted by Gasteiger charge is 2.30. The highest BCUT2D eigenvalue weighted by atomic mass is 16.5. The van der Waals surface area contributed by atoms with Gasteiger partial charge in [0, 0.05) is 29.5 Å². The molecule has 1 heterocycles. The molecule has 1 amide bonds. The Morgan fingerprint density at radius 2 is 2.00 bits per heavy atom. The van der Waals surface area contributed by atoms with Crippen LogP contribution in [0.4, 0.5) is 11.4 Å². The van der Waals surface area contributed by atoms with E-state index < -0.39 is 5.91 Å². The molecule has 1 N–H and O–H groups in total. The summed E-state index contributed by atoms with van der Waals surface area (Å²) < 4.78 is 5.47. The van der Waals surface area contributed by atoms with Crippen LogP contribution in [0.5, 0.6) is 5.75 Å². The van der Waals surface area contributed by atoms with Gasteiger partial charge in [0.15, 0.2) is 0 Å². The first-order chi connectivity index (χ1) is 15.3. The molecule has 0 aliphatic carbocycles. The zero-order valence-electron chi connectivity index (χ0n) is 19.5.